The third-order valence-electron chi connectivity index (χ3n) is 7.15. The molecule has 2 aliphatic rings. The number of para-hydroxylation sites is 3. The third-order valence-corrected chi connectivity index (χ3v) is 7.15. The van der Waals surface area contributed by atoms with Crippen LogP contribution in [0, 0.1) is 0 Å². The van der Waals surface area contributed by atoms with Crippen LogP contribution in [-0.4, -0.2) is 35.6 Å². The average Bonchev–Trinajstić information content (AvgIpc) is 3.50. The molecule has 0 spiro atoms. The molecule has 8 heteroatoms. The van der Waals surface area contributed by atoms with Gasteiger partial charge < -0.3 is 19.2 Å². The Bertz CT molecular complexity index is 1430. The van der Waals surface area contributed by atoms with Crippen molar-refractivity contribution >= 4 is 28.4 Å². The predicted octanol–water partition coefficient (Wildman–Crippen LogP) is 5.19. The van der Waals surface area contributed by atoms with Gasteiger partial charge in [0.15, 0.2) is 17.5 Å². The number of amides is 2. The number of nitrogens with zero attached hydrogens (tertiary/aromatic N) is 2. The summed E-state index contributed by atoms with van der Waals surface area (Å²) in [4.78, 5) is 34.2. The highest BCUT2D eigenvalue weighted by Crippen LogP contribution is 2.35. The lowest BCUT2D eigenvalue weighted by molar-refractivity contribution is -0.132. The van der Waals surface area contributed by atoms with E-state index >= 15 is 0 Å². The van der Waals surface area contributed by atoms with Crippen LogP contribution < -0.4 is 19.7 Å². The van der Waals surface area contributed by atoms with E-state index in [1.807, 2.05) is 42.5 Å². The van der Waals surface area contributed by atoms with Crippen molar-refractivity contribution in [1.29, 1.82) is 0 Å². The summed E-state index contributed by atoms with van der Waals surface area (Å²) in [5.74, 6) is 0.696. The maximum atomic E-state index is 14.2. The first-order chi connectivity index (χ1) is 18.7. The van der Waals surface area contributed by atoms with Crippen LogP contribution in [0.25, 0.3) is 10.9 Å². The number of benzene rings is 2. The van der Waals surface area contributed by atoms with Gasteiger partial charge in [-0.05, 0) is 49.2 Å². The van der Waals surface area contributed by atoms with Gasteiger partial charge in [0.25, 0.3) is 11.8 Å². The van der Waals surface area contributed by atoms with Crippen LogP contribution in [0.15, 0.2) is 83.6 Å². The van der Waals surface area contributed by atoms with Gasteiger partial charge in [-0.15, -0.1) is 0 Å². The van der Waals surface area contributed by atoms with Crippen molar-refractivity contribution in [2.45, 2.75) is 50.3 Å². The minimum absolute atomic E-state index is 0.0163. The molecular weight excluding hydrogens is 482 g/mol. The van der Waals surface area contributed by atoms with E-state index in [4.69, 9.17) is 13.9 Å². The van der Waals surface area contributed by atoms with Crippen molar-refractivity contribution in [3.8, 4) is 11.5 Å². The van der Waals surface area contributed by atoms with Crippen molar-refractivity contribution in [2.24, 2.45) is 0 Å². The molecular formula is C30H29N3O5. The topological polar surface area (TPSA) is 93.9 Å². The Balaban J connectivity index is 1.41. The molecule has 2 aromatic heterocycles. The lowest BCUT2D eigenvalue weighted by Crippen LogP contribution is -2.52. The molecule has 2 amide bonds. The van der Waals surface area contributed by atoms with Gasteiger partial charge in [-0.1, -0.05) is 49.6 Å². The van der Waals surface area contributed by atoms with Crippen LogP contribution in [0.1, 0.15) is 43.9 Å². The van der Waals surface area contributed by atoms with Gasteiger partial charge in [-0.3, -0.25) is 19.5 Å². The summed E-state index contributed by atoms with van der Waals surface area (Å²) in [5.41, 5.74) is 1.26. The molecule has 1 aliphatic heterocycles. The minimum atomic E-state index is -1.05. The summed E-state index contributed by atoms with van der Waals surface area (Å²) in [6.07, 6.45) is 7.30. The van der Waals surface area contributed by atoms with Gasteiger partial charge in [0.1, 0.15) is 12.4 Å². The molecule has 2 atom stereocenters. The molecule has 8 nitrogen and oxygen atoms in total. The molecule has 0 radical (unpaired) electrons. The molecule has 6 rings (SSSR count). The number of ether oxygens (including phenoxy) is 2. The standard InChI is InChI=1S/C30H29N3O5/c34-29(32-21-10-2-1-3-11-21)28(26-15-8-16-36-26)33(22-17-20-9-4-5-12-23(20)31-18-22)30(35)27-19-37-24-13-6-7-14-25(24)38-27/h4-9,12-18,21,27-28H,1-3,10-11,19H2,(H,32,34)/t27-,28-/m1/s1. The number of carbonyl (C=O) groups is 2. The fourth-order valence-corrected chi connectivity index (χ4v) is 5.24. The number of aromatic nitrogens is 1. The molecule has 4 aromatic rings. The summed E-state index contributed by atoms with van der Waals surface area (Å²) >= 11 is 0. The monoisotopic (exact) mass is 511 g/mol. The zero-order valence-corrected chi connectivity index (χ0v) is 20.9. The number of pyridine rings is 1. The predicted molar refractivity (Wildman–Crippen MR) is 142 cm³/mol. The number of hydrogen-bond acceptors (Lipinski definition) is 6. The van der Waals surface area contributed by atoms with Crippen molar-refractivity contribution in [1.82, 2.24) is 10.3 Å². The van der Waals surface area contributed by atoms with Crippen molar-refractivity contribution in [3.05, 3.63) is 85.0 Å². The molecule has 2 aromatic carbocycles. The molecule has 38 heavy (non-hydrogen) atoms. The van der Waals surface area contributed by atoms with Gasteiger partial charge in [0.05, 0.1) is 23.7 Å². The molecule has 1 saturated carbocycles. The molecule has 194 valence electrons. The van der Waals surface area contributed by atoms with Gasteiger partial charge in [-0.2, -0.15) is 0 Å². The summed E-state index contributed by atoms with van der Waals surface area (Å²) < 4.78 is 17.7. The first kappa shape index (κ1) is 24.0. The Hall–Kier alpha value is -4.33. The zero-order valence-electron chi connectivity index (χ0n) is 20.9. The van der Waals surface area contributed by atoms with Gasteiger partial charge in [-0.25, -0.2) is 0 Å². The fourth-order valence-electron chi connectivity index (χ4n) is 5.24. The number of rotatable bonds is 6. The first-order valence-corrected chi connectivity index (χ1v) is 13.1. The van der Waals surface area contributed by atoms with E-state index in [9.17, 15) is 9.59 Å². The second-order valence-electron chi connectivity index (χ2n) is 9.72. The molecule has 0 unspecified atom stereocenters. The summed E-state index contributed by atoms with van der Waals surface area (Å²) in [6, 6.07) is 19.2. The number of carbonyl (C=O) groups excluding carboxylic acids is 2. The smallest absolute Gasteiger partial charge is 0.272 e. The lowest BCUT2D eigenvalue weighted by atomic mass is 9.95. The van der Waals surface area contributed by atoms with E-state index in [0.717, 1.165) is 36.6 Å². The molecule has 0 bridgehead atoms. The van der Waals surface area contributed by atoms with Gasteiger partial charge >= 0.3 is 0 Å². The Morgan fingerprint density at radius 2 is 1.74 bits per heavy atom. The van der Waals surface area contributed by atoms with Crippen LogP contribution >= 0.6 is 0 Å². The molecule has 0 saturated heterocycles. The highest BCUT2D eigenvalue weighted by atomic mass is 16.6. The Morgan fingerprint density at radius 1 is 0.947 bits per heavy atom. The SMILES string of the molecule is O=C(NC1CCCCC1)[C@@H](c1ccco1)N(C(=O)[C@H]1COc2ccccc2O1)c1cnc2ccccc2c1. The van der Waals surface area contributed by atoms with Crippen LogP contribution in [0.3, 0.4) is 0 Å². The Morgan fingerprint density at radius 3 is 2.55 bits per heavy atom. The second kappa shape index (κ2) is 10.6. The molecule has 3 heterocycles. The summed E-state index contributed by atoms with van der Waals surface area (Å²) in [6.45, 7) is 0.0163. The summed E-state index contributed by atoms with van der Waals surface area (Å²) in [5, 5.41) is 4.03. The quantitative estimate of drug-likeness (QED) is 0.383. The van der Waals surface area contributed by atoms with E-state index in [2.05, 4.69) is 10.3 Å². The van der Waals surface area contributed by atoms with E-state index in [-0.39, 0.29) is 18.6 Å². The van der Waals surface area contributed by atoms with Crippen molar-refractivity contribution in [3.63, 3.8) is 0 Å². The highest BCUT2D eigenvalue weighted by molar-refractivity contribution is 6.04. The van der Waals surface area contributed by atoms with Crippen LogP contribution in [0.5, 0.6) is 11.5 Å². The van der Waals surface area contributed by atoms with E-state index in [1.165, 1.54) is 17.6 Å². The number of furan rings is 1. The molecule has 1 N–H and O–H groups in total. The largest absolute Gasteiger partial charge is 0.485 e. The van der Waals surface area contributed by atoms with Gasteiger partial charge in [0, 0.05) is 11.4 Å². The van der Waals surface area contributed by atoms with Crippen molar-refractivity contribution in [2.75, 3.05) is 11.5 Å². The Labute approximate surface area is 220 Å². The maximum Gasteiger partial charge on any atom is 0.272 e. The van der Waals surface area contributed by atoms with E-state index in [0.29, 0.717) is 22.9 Å². The average molecular weight is 512 g/mol. The van der Waals surface area contributed by atoms with Crippen molar-refractivity contribution < 1.29 is 23.5 Å². The van der Waals surface area contributed by atoms with Crippen LogP contribution in [0.2, 0.25) is 0 Å². The van der Waals surface area contributed by atoms with Crippen LogP contribution in [-0.2, 0) is 9.59 Å². The third kappa shape index (κ3) is 4.81. The number of anilines is 1. The minimum Gasteiger partial charge on any atom is -0.485 e. The Kier molecular flexibility index (Phi) is 6.69. The molecule has 1 fully saturated rings. The number of hydrogen-bond donors (Lipinski definition) is 1. The highest BCUT2D eigenvalue weighted by Gasteiger charge is 2.41. The summed E-state index contributed by atoms with van der Waals surface area (Å²) in [7, 11) is 0. The fraction of sp³-hybridized carbons (Fsp3) is 0.300. The number of fused-ring (bicyclic) bond motifs is 2. The normalized spacial score (nSPS) is 18.1. The van der Waals surface area contributed by atoms with Crippen LogP contribution in [0.4, 0.5) is 5.69 Å². The molecule has 1 aliphatic carbocycles. The zero-order chi connectivity index (χ0) is 25.9. The van der Waals surface area contributed by atoms with E-state index < -0.39 is 18.1 Å². The lowest BCUT2D eigenvalue weighted by Gasteiger charge is -2.35. The van der Waals surface area contributed by atoms with Gasteiger partial charge in [0.2, 0.25) is 6.10 Å². The first-order valence-electron chi connectivity index (χ1n) is 13.1. The van der Waals surface area contributed by atoms with E-state index in [1.54, 1.807) is 30.5 Å². The maximum absolute atomic E-state index is 14.2. The second-order valence-corrected chi connectivity index (χ2v) is 9.72. The number of nitrogens with one attached hydrogen (secondary N) is 1.